The van der Waals surface area contributed by atoms with Gasteiger partial charge in [-0.2, -0.15) is 5.10 Å². The molecule has 0 amide bonds. The van der Waals surface area contributed by atoms with Crippen molar-refractivity contribution in [1.29, 1.82) is 0 Å². The summed E-state index contributed by atoms with van der Waals surface area (Å²) in [7, 11) is 0.291. The standard InChI is InChI=1S/C12H13N3O2S/c1-10-3-5-11(6-4-10)18(17)8-7-15-9-13-14(2)12(15)16/h3-9H,1-2H3/b8-7+. The van der Waals surface area contributed by atoms with E-state index in [-0.39, 0.29) is 5.69 Å². The molecule has 0 aliphatic rings. The molecule has 1 atom stereocenters. The number of rotatable bonds is 3. The Morgan fingerprint density at radius 1 is 1.28 bits per heavy atom. The van der Waals surface area contributed by atoms with Gasteiger partial charge in [0.1, 0.15) is 6.33 Å². The number of aromatic nitrogens is 3. The van der Waals surface area contributed by atoms with Crippen molar-refractivity contribution in [3.63, 3.8) is 0 Å². The van der Waals surface area contributed by atoms with Crippen molar-refractivity contribution < 1.29 is 4.21 Å². The summed E-state index contributed by atoms with van der Waals surface area (Å²) < 4.78 is 14.4. The lowest BCUT2D eigenvalue weighted by atomic mass is 10.2. The summed E-state index contributed by atoms with van der Waals surface area (Å²) in [6.07, 6.45) is 2.84. The second-order valence-corrected chi connectivity index (χ2v) is 5.18. The highest BCUT2D eigenvalue weighted by molar-refractivity contribution is 7.88. The third-order valence-corrected chi connectivity index (χ3v) is 3.55. The summed E-state index contributed by atoms with van der Waals surface area (Å²) in [6, 6.07) is 7.41. The molecule has 0 radical (unpaired) electrons. The van der Waals surface area contributed by atoms with E-state index >= 15 is 0 Å². The molecule has 0 aliphatic heterocycles. The second-order valence-electron chi connectivity index (χ2n) is 3.84. The highest BCUT2D eigenvalue weighted by atomic mass is 32.2. The number of hydrogen-bond acceptors (Lipinski definition) is 3. The van der Waals surface area contributed by atoms with E-state index in [1.54, 1.807) is 7.05 Å². The molecule has 0 saturated carbocycles. The van der Waals surface area contributed by atoms with Crippen LogP contribution in [0.25, 0.3) is 6.20 Å². The van der Waals surface area contributed by atoms with Crippen LogP contribution in [0.2, 0.25) is 0 Å². The van der Waals surface area contributed by atoms with Crippen LogP contribution >= 0.6 is 0 Å². The fourth-order valence-corrected chi connectivity index (χ4v) is 2.18. The average Bonchev–Trinajstić information content (AvgIpc) is 2.68. The zero-order chi connectivity index (χ0) is 13.1. The Balaban J connectivity index is 2.19. The molecule has 1 unspecified atom stereocenters. The molecule has 1 aromatic heterocycles. The van der Waals surface area contributed by atoms with Gasteiger partial charge in [-0.05, 0) is 19.1 Å². The Labute approximate surface area is 107 Å². The second kappa shape index (κ2) is 5.14. The summed E-state index contributed by atoms with van der Waals surface area (Å²) in [4.78, 5) is 12.2. The molecule has 0 spiro atoms. The maximum Gasteiger partial charge on any atom is 0.349 e. The minimum Gasteiger partial charge on any atom is -0.256 e. The van der Waals surface area contributed by atoms with E-state index in [4.69, 9.17) is 0 Å². The number of aryl methyl sites for hydroxylation is 2. The first-order valence-corrected chi connectivity index (χ1v) is 6.55. The molecular weight excluding hydrogens is 250 g/mol. The van der Waals surface area contributed by atoms with Crippen LogP contribution in [0.15, 0.2) is 45.7 Å². The maximum atomic E-state index is 11.9. The SMILES string of the molecule is Cc1ccc(S(=O)/C=C/n2cnn(C)c2=O)cc1. The van der Waals surface area contributed by atoms with Gasteiger partial charge in [-0.25, -0.2) is 13.7 Å². The fraction of sp³-hybridized carbons (Fsp3) is 0.167. The Bertz CT molecular complexity index is 653. The molecule has 5 nitrogen and oxygen atoms in total. The highest BCUT2D eigenvalue weighted by Gasteiger charge is 2.00. The van der Waals surface area contributed by atoms with Crippen LogP contribution in [-0.2, 0) is 17.8 Å². The van der Waals surface area contributed by atoms with E-state index in [1.807, 2.05) is 31.2 Å². The molecule has 6 heteroatoms. The molecule has 1 heterocycles. The molecule has 1 aromatic carbocycles. The van der Waals surface area contributed by atoms with Crippen molar-refractivity contribution in [3.05, 3.63) is 52.0 Å². The first-order chi connectivity index (χ1) is 8.58. The van der Waals surface area contributed by atoms with Gasteiger partial charge in [0.05, 0.1) is 10.8 Å². The minimum atomic E-state index is -1.27. The Morgan fingerprint density at radius 3 is 2.50 bits per heavy atom. The van der Waals surface area contributed by atoms with Crippen LogP contribution in [0.5, 0.6) is 0 Å². The molecule has 0 fully saturated rings. The normalized spacial score (nSPS) is 13.0. The summed E-state index contributed by atoms with van der Waals surface area (Å²) in [5.74, 6) is 0. The van der Waals surface area contributed by atoms with Gasteiger partial charge >= 0.3 is 5.69 Å². The summed E-state index contributed by atoms with van der Waals surface area (Å²) in [5, 5.41) is 5.26. The lowest BCUT2D eigenvalue weighted by Gasteiger charge is -1.97. The van der Waals surface area contributed by atoms with Gasteiger partial charge < -0.3 is 0 Å². The van der Waals surface area contributed by atoms with E-state index in [1.165, 1.54) is 27.2 Å². The first-order valence-electron chi connectivity index (χ1n) is 5.33. The van der Waals surface area contributed by atoms with E-state index in [9.17, 15) is 9.00 Å². The quantitative estimate of drug-likeness (QED) is 0.834. The molecule has 2 aromatic rings. The zero-order valence-corrected chi connectivity index (χ0v) is 10.9. The van der Waals surface area contributed by atoms with Crippen LogP contribution in [0, 0.1) is 6.92 Å². The Kier molecular flexibility index (Phi) is 3.57. The van der Waals surface area contributed by atoms with Gasteiger partial charge in [0.2, 0.25) is 0 Å². The Morgan fingerprint density at radius 2 is 1.94 bits per heavy atom. The van der Waals surface area contributed by atoms with Gasteiger partial charge in [-0.3, -0.25) is 4.57 Å². The maximum absolute atomic E-state index is 11.9. The van der Waals surface area contributed by atoms with Crippen LogP contribution in [-0.4, -0.2) is 18.6 Å². The van der Waals surface area contributed by atoms with Crippen molar-refractivity contribution in [1.82, 2.24) is 14.3 Å². The zero-order valence-electron chi connectivity index (χ0n) is 10.1. The molecular formula is C12H13N3O2S. The largest absolute Gasteiger partial charge is 0.349 e. The van der Waals surface area contributed by atoms with E-state index in [2.05, 4.69) is 5.10 Å². The number of nitrogens with zero attached hydrogens (tertiary/aromatic N) is 3. The third kappa shape index (κ3) is 2.65. The Hall–Kier alpha value is -1.95. The van der Waals surface area contributed by atoms with Gasteiger partial charge in [0.25, 0.3) is 0 Å². The molecule has 18 heavy (non-hydrogen) atoms. The predicted octanol–water partition coefficient (Wildman–Crippen LogP) is 1.13. The minimum absolute atomic E-state index is 0.271. The van der Waals surface area contributed by atoms with Crippen LogP contribution in [0.3, 0.4) is 0 Å². The molecule has 0 bridgehead atoms. The van der Waals surface area contributed by atoms with Crippen molar-refractivity contribution >= 4 is 17.0 Å². The fourth-order valence-electron chi connectivity index (χ4n) is 1.37. The number of hydrogen-bond donors (Lipinski definition) is 0. The summed E-state index contributed by atoms with van der Waals surface area (Å²) >= 11 is 0. The van der Waals surface area contributed by atoms with Gasteiger partial charge in [0, 0.05) is 23.6 Å². The number of benzene rings is 1. The molecule has 0 saturated heterocycles. The monoisotopic (exact) mass is 263 g/mol. The first kappa shape index (κ1) is 12.5. The van der Waals surface area contributed by atoms with Crippen LogP contribution in [0.4, 0.5) is 0 Å². The molecule has 0 aliphatic carbocycles. The van der Waals surface area contributed by atoms with E-state index in [0.717, 1.165) is 5.56 Å². The van der Waals surface area contributed by atoms with Crippen molar-refractivity contribution in [2.45, 2.75) is 11.8 Å². The molecule has 94 valence electrons. The van der Waals surface area contributed by atoms with E-state index in [0.29, 0.717) is 4.90 Å². The van der Waals surface area contributed by atoms with Crippen LogP contribution in [0.1, 0.15) is 5.56 Å². The predicted molar refractivity (Wildman–Crippen MR) is 70.4 cm³/mol. The lowest BCUT2D eigenvalue weighted by Crippen LogP contribution is -2.19. The van der Waals surface area contributed by atoms with E-state index < -0.39 is 10.8 Å². The third-order valence-electron chi connectivity index (χ3n) is 2.45. The lowest BCUT2D eigenvalue weighted by molar-refractivity contribution is 0.688. The topological polar surface area (TPSA) is 56.9 Å². The van der Waals surface area contributed by atoms with Gasteiger partial charge in [-0.1, -0.05) is 17.7 Å². The smallest absolute Gasteiger partial charge is 0.256 e. The van der Waals surface area contributed by atoms with Crippen molar-refractivity contribution in [2.24, 2.45) is 7.05 Å². The van der Waals surface area contributed by atoms with Gasteiger partial charge in [0.15, 0.2) is 0 Å². The molecule has 0 N–H and O–H groups in total. The van der Waals surface area contributed by atoms with Gasteiger partial charge in [-0.15, -0.1) is 0 Å². The summed E-state index contributed by atoms with van der Waals surface area (Å²) in [5.41, 5.74) is 0.843. The van der Waals surface area contributed by atoms with Crippen molar-refractivity contribution in [2.75, 3.05) is 0 Å². The molecule has 2 rings (SSSR count). The average molecular weight is 263 g/mol. The van der Waals surface area contributed by atoms with Crippen molar-refractivity contribution in [3.8, 4) is 0 Å². The summed E-state index contributed by atoms with van der Waals surface area (Å²) in [6.45, 7) is 1.97. The highest BCUT2D eigenvalue weighted by Crippen LogP contribution is 2.09. The van der Waals surface area contributed by atoms with Crippen LogP contribution < -0.4 is 5.69 Å².